The van der Waals surface area contributed by atoms with E-state index in [0.29, 0.717) is 41.9 Å². The number of fused-ring (bicyclic) bond motifs is 1. The van der Waals surface area contributed by atoms with E-state index in [1.807, 2.05) is 12.1 Å². The molecular formula is C35H44N6O9. The molecule has 1 unspecified atom stereocenters. The standard InChI is InChI=1S/C18H23NO4.C17H21N5O5/c20-15-7-4-13(5-8-15)3-1-2-10-19-12-18(23)14-6-9-16(21)17(22)11-14;1-20-15-14(16(26)21(2)17(20)27)22(9-19-15)6-5-18-8-13(25)10-3-4-11(23)12(24)7-10/h4-9,11,18-23H,1-3,10,12H2;3-4,7,9,13,18,23-25H,5-6,8H2,1-2H3/t18-;/m0./s1. The second-order valence-electron chi connectivity index (χ2n) is 11.9. The van der Waals surface area contributed by atoms with Gasteiger partial charge < -0.3 is 50.9 Å². The van der Waals surface area contributed by atoms with Gasteiger partial charge in [-0.05, 0) is 78.9 Å². The van der Waals surface area contributed by atoms with Gasteiger partial charge in [-0.3, -0.25) is 13.9 Å². The van der Waals surface area contributed by atoms with E-state index >= 15 is 0 Å². The van der Waals surface area contributed by atoms with E-state index in [2.05, 4.69) is 15.6 Å². The summed E-state index contributed by atoms with van der Waals surface area (Å²) in [5.74, 6) is -0.678. The van der Waals surface area contributed by atoms with Crippen LogP contribution in [0.25, 0.3) is 11.2 Å². The number of aliphatic hydroxyl groups is 2. The van der Waals surface area contributed by atoms with Gasteiger partial charge in [-0.1, -0.05) is 24.3 Å². The molecule has 0 aliphatic heterocycles. The van der Waals surface area contributed by atoms with Crippen molar-refractivity contribution in [3.05, 3.63) is 105 Å². The predicted molar refractivity (Wildman–Crippen MR) is 186 cm³/mol. The largest absolute Gasteiger partial charge is 0.508 e. The Morgan fingerprint density at radius 2 is 1.26 bits per heavy atom. The Morgan fingerprint density at radius 3 is 1.82 bits per heavy atom. The van der Waals surface area contributed by atoms with Crippen molar-refractivity contribution >= 4 is 11.2 Å². The van der Waals surface area contributed by atoms with Crippen LogP contribution in [0.3, 0.4) is 0 Å². The fourth-order valence-electron chi connectivity index (χ4n) is 5.22. The highest BCUT2D eigenvalue weighted by atomic mass is 16.3. The van der Waals surface area contributed by atoms with Crippen LogP contribution in [0.5, 0.6) is 28.7 Å². The molecule has 2 atom stereocenters. The number of nitrogens with zero attached hydrogens (tertiary/aromatic N) is 4. The van der Waals surface area contributed by atoms with Gasteiger partial charge in [0, 0.05) is 40.3 Å². The minimum absolute atomic E-state index is 0.192. The summed E-state index contributed by atoms with van der Waals surface area (Å²) in [4.78, 5) is 28.4. The molecule has 2 aromatic heterocycles. The van der Waals surface area contributed by atoms with Crippen molar-refractivity contribution in [1.82, 2.24) is 29.3 Å². The lowest BCUT2D eigenvalue weighted by molar-refractivity contribution is 0.174. The summed E-state index contributed by atoms with van der Waals surface area (Å²) in [6.45, 7) is 2.26. The predicted octanol–water partition coefficient (Wildman–Crippen LogP) is 1.62. The van der Waals surface area contributed by atoms with E-state index in [1.54, 1.807) is 29.8 Å². The molecule has 9 N–H and O–H groups in total. The summed E-state index contributed by atoms with van der Waals surface area (Å²) in [5, 5.41) is 73.1. The van der Waals surface area contributed by atoms with Gasteiger partial charge in [0.15, 0.2) is 34.2 Å². The average molecular weight is 693 g/mol. The number of benzene rings is 3. The lowest BCUT2D eigenvalue weighted by Gasteiger charge is -2.13. The quantitative estimate of drug-likeness (QED) is 0.0598. The smallest absolute Gasteiger partial charge is 0.332 e. The van der Waals surface area contributed by atoms with E-state index in [4.69, 9.17) is 0 Å². The van der Waals surface area contributed by atoms with Crippen molar-refractivity contribution < 1.29 is 35.7 Å². The van der Waals surface area contributed by atoms with Crippen LogP contribution in [0, 0.1) is 0 Å². The zero-order chi connectivity index (χ0) is 36.4. The molecule has 0 radical (unpaired) electrons. The Labute approximate surface area is 287 Å². The zero-order valence-corrected chi connectivity index (χ0v) is 27.9. The monoisotopic (exact) mass is 692 g/mol. The maximum absolute atomic E-state index is 12.4. The number of nitrogens with one attached hydrogen (secondary N) is 2. The SMILES string of the molecule is Cn1c(=O)c2c(ncn2CCNCC(O)c2ccc(O)c(O)c2)n(C)c1=O.Oc1ccc(CCCCNC[C@H](O)c2ccc(O)c(O)c2)cc1. The first kappa shape index (κ1) is 37.5. The van der Waals surface area contributed by atoms with Gasteiger partial charge in [-0.2, -0.15) is 0 Å². The molecule has 0 fully saturated rings. The van der Waals surface area contributed by atoms with Crippen molar-refractivity contribution in [2.45, 2.75) is 38.0 Å². The molecule has 0 saturated carbocycles. The van der Waals surface area contributed by atoms with Gasteiger partial charge >= 0.3 is 5.69 Å². The summed E-state index contributed by atoms with van der Waals surface area (Å²) in [7, 11) is 2.98. The second-order valence-corrected chi connectivity index (χ2v) is 11.9. The molecule has 3 aromatic carbocycles. The minimum Gasteiger partial charge on any atom is -0.508 e. The van der Waals surface area contributed by atoms with Crippen molar-refractivity contribution in [2.75, 3.05) is 26.2 Å². The number of aromatic nitrogens is 4. The highest BCUT2D eigenvalue weighted by molar-refractivity contribution is 5.69. The Bertz CT molecular complexity index is 1990. The van der Waals surface area contributed by atoms with E-state index in [0.717, 1.165) is 30.4 Å². The molecule has 5 aromatic rings. The topological polar surface area (TPSA) is 227 Å². The van der Waals surface area contributed by atoms with Crippen LogP contribution in [0.15, 0.2) is 76.6 Å². The number of aliphatic hydroxyl groups excluding tert-OH is 2. The molecule has 268 valence electrons. The van der Waals surface area contributed by atoms with Gasteiger partial charge in [-0.25, -0.2) is 9.78 Å². The minimum atomic E-state index is -0.871. The Hall–Kier alpha value is -5.35. The van der Waals surface area contributed by atoms with Crippen LogP contribution < -0.4 is 21.9 Å². The lowest BCUT2D eigenvalue weighted by atomic mass is 10.1. The van der Waals surface area contributed by atoms with Crippen molar-refractivity contribution in [3.8, 4) is 28.7 Å². The number of imidazole rings is 1. The molecular weight excluding hydrogens is 648 g/mol. The van der Waals surface area contributed by atoms with Gasteiger partial charge in [0.1, 0.15) is 5.75 Å². The van der Waals surface area contributed by atoms with E-state index in [1.165, 1.54) is 53.8 Å². The van der Waals surface area contributed by atoms with Gasteiger partial charge in [-0.15, -0.1) is 0 Å². The summed E-state index contributed by atoms with van der Waals surface area (Å²) in [6.07, 6.45) is 2.86. The zero-order valence-electron chi connectivity index (χ0n) is 27.9. The number of phenols is 5. The van der Waals surface area contributed by atoms with E-state index < -0.39 is 23.5 Å². The highest BCUT2D eigenvalue weighted by Gasteiger charge is 2.15. The first-order chi connectivity index (χ1) is 23.9. The van der Waals surface area contributed by atoms with Crippen LogP contribution in [0.4, 0.5) is 0 Å². The van der Waals surface area contributed by atoms with Crippen LogP contribution in [-0.2, 0) is 27.1 Å². The van der Waals surface area contributed by atoms with Gasteiger partial charge in [0.05, 0.1) is 18.5 Å². The maximum Gasteiger partial charge on any atom is 0.332 e. The molecule has 0 saturated heterocycles. The molecule has 0 bridgehead atoms. The van der Waals surface area contributed by atoms with Crippen molar-refractivity contribution in [2.24, 2.45) is 14.1 Å². The third-order valence-electron chi connectivity index (χ3n) is 8.20. The summed E-state index contributed by atoms with van der Waals surface area (Å²) < 4.78 is 4.01. The third-order valence-corrected chi connectivity index (χ3v) is 8.20. The molecule has 0 amide bonds. The van der Waals surface area contributed by atoms with Gasteiger partial charge in [0.25, 0.3) is 5.56 Å². The number of aromatic hydroxyl groups is 5. The van der Waals surface area contributed by atoms with Crippen molar-refractivity contribution in [1.29, 1.82) is 0 Å². The number of phenolic OH excluding ortho intramolecular Hbond substituents is 5. The molecule has 0 spiro atoms. The molecule has 5 rings (SSSR count). The fraction of sp³-hybridized carbons (Fsp3) is 0.343. The number of unbranched alkanes of at least 4 members (excludes halogenated alkanes) is 1. The number of hydrogen-bond donors (Lipinski definition) is 9. The van der Waals surface area contributed by atoms with E-state index in [-0.39, 0.29) is 35.3 Å². The molecule has 50 heavy (non-hydrogen) atoms. The highest BCUT2D eigenvalue weighted by Crippen LogP contribution is 2.28. The molecule has 0 aliphatic carbocycles. The summed E-state index contributed by atoms with van der Waals surface area (Å²) in [5.41, 5.74) is 2.04. The summed E-state index contributed by atoms with van der Waals surface area (Å²) in [6, 6.07) is 15.7. The Morgan fingerprint density at radius 1 is 0.700 bits per heavy atom. The first-order valence-electron chi connectivity index (χ1n) is 16.1. The van der Waals surface area contributed by atoms with Crippen LogP contribution in [-0.4, -0.2) is 80.6 Å². The maximum atomic E-state index is 12.4. The Balaban J connectivity index is 0.000000228. The number of hydrogen-bond acceptors (Lipinski definition) is 12. The normalized spacial score (nSPS) is 12.4. The molecule has 15 nitrogen and oxygen atoms in total. The molecule has 15 heteroatoms. The second kappa shape index (κ2) is 17.3. The lowest BCUT2D eigenvalue weighted by Crippen LogP contribution is -2.37. The van der Waals surface area contributed by atoms with Crippen LogP contribution in [0.2, 0.25) is 0 Å². The van der Waals surface area contributed by atoms with Crippen LogP contribution >= 0.6 is 0 Å². The fourth-order valence-corrected chi connectivity index (χ4v) is 5.22. The van der Waals surface area contributed by atoms with Gasteiger partial charge in [0.2, 0.25) is 0 Å². The average Bonchev–Trinajstić information content (AvgIpc) is 3.53. The summed E-state index contributed by atoms with van der Waals surface area (Å²) >= 11 is 0. The first-order valence-corrected chi connectivity index (χ1v) is 16.1. The molecule has 2 heterocycles. The van der Waals surface area contributed by atoms with Crippen LogP contribution in [0.1, 0.15) is 41.7 Å². The number of rotatable bonds is 14. The third kappa shape index (κ3) is 9.63. The number of aryl methyl sites for hydroxylation is 2. The van der Waals surface area contributed by atoms with Crippen molar-refractivity contribution in [3.63, 3.8) is 0 Å². The Kier molecular flexibility index (Phi) is 13.0. The van der Waals surface area contributed by atoms with E-state index in [9.17, 15) is 45.3 Å². The molecule has 0 aliphatic rings.